The van der Waals surface area contributed by atoms with Crippen LogP contribution >= 0.6 is 38.6 Å². The molecule has 96 valence electrons. The Balaban J connectivity index is 1.76. The molecule has 3 aromatic rings. The number of thiazole rings is 1. The molecule has 3 nitrogen and oxygen atoms in total. The SMILES string of the molecule is O=C(Cc1cccs1)Nc1nc2ccc(Br)cc2s1. The van der Waals surface area contributed by atoms with Gasteiger partial charge in [-0.05, 0) is 29.6 Å². The van der Waals surface area contributed by atoms with Crippen LogP contribution in [0.5, 0.6) is 0 Å². The number of rotatable bonds is 3. The molecule has 0 radical (unpaired) electrons. The van der Waals surface area contributed by atoms with E-state index < -0.39 is 0 Å². The van der Waals surface area contributed by atoms with E-state index in [9.17, 15) is 4.79 Å². The Bertz CT molecular complexity index is 721. The highest BCUT2D eigenvalue weighted by atomic mass is 79.9. The number of fused-ring (bicyclic) bond motifs is 1. The van der Waals surface area contributed by atoms with Gasteiger partial charge in [-0.3, -0.25) is 4.79 Å². The van der Waals surface area contributed by atoms with Crippen molar-refractivity contribution in [3.8, 4) is 0 Å². The van der Waals surface area contributed by atoms with Gasteiger partial charge in [0.15, 0.2) is 5.13 Å². The van der Waals surface area contributed by atoms with Gasteiger partial charge in [-0.2, -0.15) is 0 Å². The molecule has 6 heteroatoms. The zero-order valence-electron chi connectivity index (χ0n) is 9.72. The largest absolute Gasteiger partial charge is 0.302 e. The van der Waals surface area contributed by atoms with Gasteiger partial charge < -0.3 is 5.32 Å². The van der Waals surface area contributed by atoms with Crippen molar-refractivity contribution in [3.05, 3.63) is 45.1 Å². The van der Waals surface area contributed by atoms with Gasteiger partial charge in [-0.15, -0.1) is 11.3 Å². The third-order valence-electron chi connectivity index (χ3n) is 2.51. The molecule has 0 spiro atoms. The molecule has 0 aliphatic carbocycles. The number of benzene rings is 1. The Labute approximate surface area is 126 Å². The lowest BCUT2D eigenvalue weighted by atomic mass is 10.3. The maximum atomic E-state index is 11.9. The minimum Gasteiger partial charge on any atom is -0.302 e. The van der Waals surface area contributed by atoms with Crippen LogP contribution < -0.4 is 5.32 Å². The van der Waals surface area contributed by atoms with E-state index in [1.807, 2.05) is 35.7 Å². The van der Waals surface area contributed by atoms with Gasteiger partial charge in [0.25, 0.3) is 0 Å². The number of carbonyl (C=O) groups excluding carboxylic acids is 1. The van der Waals surface area contributed by atoms with Gasteiger partial charge in [0.1, 0.15) is 0 Å². The Morgan fingerprint density at radius 2 is 2.26 bits per heavy atom. The first-order valence-corrected chi connectivity index (χ1v) is 8.08. The second kappa shape index (κ2) is 5.40. The fourth-order valence-corrected chi connectivity index (χ4v) is 3.82. The summed E-state index contributed by atoms with van der Waals surface area (Å²) >= 11 is 6.49. The molecule has 0 aliphatic heterocycles. The van der Waals surface area contributed by atoms with E-state index in [0.29, 0.717) is 11.6 Å². The van der Waals surface area contributed by atoms with E-state index in [1.165, 1.54) is 11.3 Å². The van der Waals surface area contributed by atoms with E-state index in [2.05, 4.69) is 26.2 Å². The summed E-state index contributed by atoms with van der Waals surface area (Å²) in [7, 11) is 0. The van der Waals surface area contributed by atoms with Crippen molar-refractivity contribution in [3.63, 3.8) is 0 Å². The lowest BCUT2D eigenvalue weighted by molar-refractivity contribution is -0.115. The summed E-state index contributed by atoms with van der Waals surface area (Å²) < 4.78 is 2.07. The molecule has 1 amide bonds. The first-order valence-electron chi connectivity index (χ1n) is 5.59. The number of anilines is 1. The van der Waals surface area contributed by atoms with Gasteiger partial charge in [-0.25, -0.2) is 4.98 Å². The van der Waals surface area contributed by atoms with Gasteiger partial charge in [-0.1, -0.05) is 33.3 Å². The molecule has 19 heavy (non-hydrogen) atoms. The van der Waals surface area contributed by atoms with E-state index in [0.717, 1.165) is 19.6 Å². The van der Waals surface area contributed by atoms with E-state index in [-0.39, 0.29) is 5.91 Å². The van der Waals surface area contributed by atoms with Crippen LogP contribution in [-0.2, 0) is 11.2 Å². The number of nitrogens with zero attached hydrogens (tertiary/aromatic N) is 1. The second-order valence-electron chi connectivity index (χ2n) is 3.94. The molecule has 3 rings (SSSR count). The predicted octanol–water partition coefficient (Wildman–Crippen LogP) is 4.30. The van der Waals surface area contributed by atoms with Crippen LogP contribution in [0.2, 0.25) is 0 Å². The monoisotopic (exact) mass is 352 g/mol. The number of halogens is 1. The first kappa shape index (κ1) is 12.8. The zero-order valence-corrected chi connectivity index (χ0v) is 12.9. The highest BCUT2D eigenvalue weighted by Gasteiger charge is 2.09. The molecule has 0 saturated heterocycles. The topological polar surface area (TPSA) is 42.0 Å². The van der Waals surface area contributed by atoms with Crippen LogP contribution in [0, 0.1) is 0 Å². The van der Waals surface area contributed by atoms with Crippen molar-refractivity contribution in [2.45, 2.75) is 6.42 Å². The average Bonchev–Trinajstić information content (AvgIpc) is 2.97. The van der Waals surface area contributed by atoms with E-state index in [1.54, 1.807) is 11.3 Å². The minimum absolute atomic E-state index is 0.0272. The third-order valence-corrected chi connectivity index (χ3v) is 4.81. The number of thiophene rings is 1. The maximum Gasteiger partial charge on any atom is 0.231 e. The number of carbonyl (C=O) groups is 1. The van der Waals surface area contributed by atoms with E-state index in [4.69, 9.17) is 0 Å². The van der Waals surface area contributed by atoms with Gasteiger partial charge in [0.2, 0.25) is 5.91 Å². The summed E-state index contributed by atoms with van der Waals surface area (Å²) in [4.78, 5) is 17.3. The fraction of sp³-hybridized carbons (Fsp3) is 0.0769. The number of nitrogens with one attached hydrogen (secondary N) is 1. The fourth-order valence-electron chi connectivity index (χ4n) is 1.69. The molecule has 0 aliphatic rings. The second-order valence-corrected chi connectivity index (χ2v) is 6.91. The van der Waals surface area contributed by atoms with Gasteiger partial charge in [0.05, 0.1) is 16.6 Å². The highest BCUT2D eigenvalue weighted by Crippen LogP contribution is 2.28. The summed E-state index contributed by atoms with van der Waals surface area (Å²) in [6.07, 6.45) is 0.400. The van der Waals surface area contributed by atoms with Crippen molar-refractivity contribution in [1.82, 2.24) is 4.98 Å². The Hall–Kier alpha value is -1.24. The smallest absolute Gasteiger partial charge is 0.231 e. The third kappa shape index (κ3) is 3.02. The molecule has 0 bridgehead atoms. The molecule has 0 saturated carbocycles. The average molecular weight is 353 g/mol. The summed E-state index contributed by atoms with van der Waals surface area (Å²) in [6.45, 7) is 0. The van der Waals surface area contributed by atoms with Crippen molar-refractivity contribution in [1.29, 1.82) is 0 Å². The molecule has 0 unspecified atom stereocenters. The molecule has 0 atom stereocenters. The predicted molar refractivity (Wildman–Crippen MR) is 84.0 cm³/mol. The van der Waals surface area contributed by atoms with Crippen molar-refractivity contribution in [2.24, 2.45) is 0 Å². The highest BCUT2D eigenvalue weighted by molar-refractivity contribution is 9.10. The van der Waals surface area contributed by atoms with Crippen LogP contribution in [0.1, 0.15) is 4.88 Å². The molecular formula is C13H9BrN2OS2. The standard InChI is InChI=1S/C13H9BrN2OS2/c14-8-3-4-10-11(6-8)19-13(15-10)16-12(17)7-9-2-1-5-18-9/h1-6H,7H2,(H,15,16,17). The number of hydrogen-bond acceptors (Lipinski definition) is 4. The maximum absolute atomic E-state index is 11.9. The normalized spacial score (nSPS) is 10.8. The quantitative estimate of drug-likeness (QED) is 0.763. The molecule has 2 aromatic heterocycles. The number of hydrogen-bond donors (Lipinski definition) is 1. The van der Waals surface area contributed by atoms with Crippen LogP contribution in [0.15, 0.2) is 40.2 Å². The lowest BCUT2D eigenvalue weighted by Crippen LogP contribution is -2.13. The summed E-state index contributed by atoms with van der Waals surface area (Å²) in [5, 5.41) is 5.47. The van der Waals surface area contributed by atoms with Gasteiger partial charge >= 0.3 is 0 Å². The van der Waals surface area contributed by atoms with Crippen LogP contribution in [-0.4, -0.2) is 10.9 Å². The Morgan fingerprint density at radius 3 is 3.05 bits per heavy atom. The Kier molecular flexibility index (Phi) is 3.63. The lowest BCUT2D eigenvalue weighted by Gasteiger charge is -1.98. The Morgan fingerprint density at radius 1 is 1.37 bits per heavy atom. The van der Waals surface area contributed by atoms with Gasteiger partial charge in [0, 0.05) is 9.35 Å². The molecular weight excluding hydrogens is 344 g/mol. The van der Waals surface area contributed by atoms with E-state index >= 15 is 0 Å². The minimum atomic E-state index is -0.0272. The summed E-state index contributed by atoms with van der Waals surface area (Å²) in [5.74, 6) is -0.0272. The van der Waals surface area contributed by atoms with Crippen LogP contribution in [0.3, 0.4) is 0 Å². The number of aromatic nitrogens is 1. The van der Waals surface area contributed by atoms with Crippen LogP contribution in [0.25, 0.3) is 10.2 Å². The zero-order chi connectivity index (χ0) is 13.2. The molecule has 0 fully saturated rings. The van der Waals surface area contributed by atoms with Crippen LogP contribution in [0.4, 0.5) is 5.13 Å². The van der Waals surface area contributed by atoms with Crippen molar-refractivity contribution in [2.75, 3.05) is 5.32 Å². The van der Waals surface area contributed by atoms with Crippen molar-refractivity contribution >= 4 is 59.9 Å². The summed E-state index contributed by atoms with van der Waals surface area (Å²) in [5.41, 5.74) is 0.902. The van der Waals surface area contributed by atoms with Crippen molar-refractivity contribution < 1.29 is 4.79 Å². The summed E-state index contributed by atoms with van der Waals surface area (Å²) in [6, 6.07) is 9.79. The molecule has 2 heterocycles. The molecule has 1 aromatic carbocycles. The first-order chi connectivity index (χ1) is 9.20. The molecule has 1 N–H and O–H groups in total. The number of amides is 1.